The number of aryl methyl sites for hydroxylation is 1. The molecule has 0 bridgehead atoms. The lowest BCUT2D eigenvalue weighted by molar-refractivity contribution is -0.384. The van der Waals surface area contributed by atoms with E-state index in [0.717, 1.165) is 0 Å². The molecule has 0 aliphatic heterocycles. The number of rotatable bonds is 4. The highest BCUT2D eigenvalue weighted by Crippen LogP contribution is 2.16. The van der Waals surface area contributed by atoms with E-state index in [9.17, 15) is 10.1 Å². The van der Waals surface area contributed by atoms with Gasteiger partial charge >= 0.3 is 6.01 Å². The predicted octanol–water partition coefficient (Wildman–Crippen LogP) is 2.24. The zero-order valence-electron chi connectivity index (χ0n) is 11.8. The zero-order valence-corrected chi connectivity index (χ0v) is 11.8. The number of non-ortho nitro benzene ring substituents is 1. The molecule has 0 amide bonds. The fourth-order valence-electron chi connectivity index (χ4n) is 1.64. The van der Waals surface area contributed by atoms with Gasteiger partial charge in [-0.25, -0.2) is 4.99 Å². The van der Waals surface area contributed by atoms with Crippen molar-refractivity contribution < 1.29 is 9.66 Å². The Kier molecular flexibility index (Phi) is 4.17. The van der Waals surface area contributed by atoms with Gasteiger partial charge in [-0.05, 0) is 13.8 Å². The number of ether oxygens (including phenoxy) is 1. The second-order valence-electron chi connectivity index (χ2n) is 4.17. The molecule has 0 saturated heterocycles. The first-order valence-corrected chi connectivity index (χ1v) is 6.06. The minimum Gasteiger partial charge on any atom is -0.467 e. The SMILES string of the molecule is COc1nc(C)nc(/N=C(\C)c2cccc([N+](=O)[O-])c2)n1. The van der Waals surface area contributed by atoms with E-state index in [0.29, 0.717) is 17.1 Å². The van der Waals surface area contributed by atoms with Crippen LogP contribution < -0.4 is 4.74 Å². The highest BCUT2D eigenvalue weighted by molar-refractivity contribution is 6.00. The van der Waals surface area contributed by atoms with Crippen molar-refractivity contribution in [3.8, 4) is 6.01 Å². The summed E-state index contributed by atoms with van der Waals surface area (Å²) < 4.78 is 4.95. The third-order valence-electron chi connectivity index (χ3n) is 2.64. The molecule has 8 nitrogen and oxygen atoms in total. The van der Waals surface area contributed by atoms with Crippen LogP contribution in [0.3, 0.4) is 0 Å². The average molecular weight is 287 g/mol. The lowest BCUT2D eigenvalue weighted by atomic mass is 10.1. The van der Waals surface area contributed by atoms with Gasteiger partial charge in [-0.15, -0.1) is 0 Å². The molecule has 2 rings (SSSR count). The Bertz CT molecular complexity index is 715. The molecule has 0 aliphatic rings. The van der Waals surface area contributed by atoms with Gasteiger partial charge in [0.2, 0.25) is 0 Å². The molecule has 0 unspecified atom stereocenters. The molecule has 21 heavy (non-hydrogen) atoms. The summed E-state index contributed by atoms with van der Waals surface area (Å²) in [4.78, 5) is 26.6. The molecular formula is C13H13N5O3. The smallest absolute Gasteiger partial charge is 0.321 e. The number of methoxy groups -OCH3 is 1. The van der Waals surface area contributed by atoms with Crippen LogP contribution in [0.1, 0.15) is 18.3 Å². The van der Waals surface area contributed by atoms with Gasteiger partial charge in [-0.2, -0.15) is 15.0 Å². The summed E-state index contributed by atoms with van der Waals surface area (Å²) in [5, 5.41) is 10.8. The predicted molar refractivity (Wildman–Crippen MR) is 76.1 cm³/mol. The van der Waals surface area contributed by atoms with E-state index in [2.05, 4.69) is 19.9 Å². The Morgan fingerprint density at radius 1 is 1.33 bits per heavy atom. The van der Waals surface area contributed by atoms with Crippen molar-refractivity contribution in [2.75, 3.05) is 7.11 Å². The van der Waals surface area contributed by atoms with Crippen molar-refractivity contribution in [3.63, 3.8) is 0 Å². The highest BCUT2D eigenvalue weighted by atomic mass is 16.6. The summed E-state index contributed by atoms with van der Waals surface area (Å²) in [5.41, 5.74) is 1.19. The first-order chi connectivity index (χ1) is 9.99. The van der Waals surface area contributed by atoms with Crippen LogP contribution in [0, 0.1) is 17.0 Å². The van der Waals surface area contributed by atoms with Crippen LogP contribution in [0.25, 0.3) is 0 Å². The molecule has 1 aromatic heterocycles. The Hall–Kier alpha value is -2.90. The second kappa shape index (κ2) is 6.04. The molecular weight excluding hydrogens is 274 g/mol. The van der Waals surface area contributed by atoms with Crippen molar-refractivity contribution >= 4 is 17.3 Å². The fourth-order valence-corrected chi connectivity index (χ4v) is 1.64. The van der Waals surface area contributed by atoms with Crippen LogP contribution in [0.15, 0.2) is 29.3 Å². The largest absolute Gasteiger partial charge is 0.467 e. The molecule has 1 aromatic carbocycles. The third-order valence-corrected chi connectivity index (χ3v) is 2.64. The monoisotopic (exact) mass is 287 g/mol. The van der Waals surface area contributed by atoms with E-state index in [1.165, 1.54) is 19.2 Å². The van der Waals surface area contributed by atoms with Crippen molar-refractivity contribution in [2.24, 2.45) is 4.99 Å². The maximum absolute atomic E-state index is 10.8. The minimum absolute atomic E-state index is 0.00598. The first-order valence-electron chi connectivity index (χ1n) is 6.06. The number of nitro benzene ring substituents is 1. The number of nitro groups is 1. The maximum Gasteiger partial charge on any atom is 0.321 e. The molecule has 0 atom stereocenters. The van der Waals surface area contributed by atoms with Gasteiger partial charge in [0.25, 0.3) is 11.6 Å². The molecule has 8 heteroatoms. The van der Waals surface area contributed by atoms with Gasteiger partial charge in [0, 0.05) is 23.4 Å². The van der Waals surface area contributed by atoms with E-state index in [1.54, 1.807) is 26.0 Å². The molecule has 0 saturated carbocycles. The van der Waals surface area contributed by atoms with E-state index in [4.69, 9.17) is 4.74 Å². The van der Waals surface area contributed by atoms with Crippen LogP contribution >= 0.6 is 0 Å². The number of nitrogens with zero attached hydrogens (tertiary/aromatic N) is 5. The summed E-state index contributed by atoms with van der Waals surface area (Å²) in [6.07, 6.45) is 0. The van der Waals surface area contributed by atoms with Gasteiger partial charge < -0.3 is 4.74 Å². The molecule has 0 aliphatic carbocycles. The molecule has 0 fully saturated rings. The van der Waals surface area contributed by atoms with E-state index < -0.39 is 4.92 Å². The molecule has 0 radical (unpaired) electrons. The number of hydrogen-bond acceptors (Lipinski definition) is 7. The summed E-state index contributed by atoms with van der Waals surface area (Å²) in [6, 6.07) is 6.38. The van der Waals surface area contributed by atoms with E-state index in [1.807, 2.05) is 0 Å². The van der Waals surface area contributed by atoms with Crippen molar-refractivity contribution in [2.45, 2.75) is 13.8 Å². The van der Waals surface area contributed by atoms with Crippen LogP contribution in [-0.4, -0.2) is 32.7 Å². The lowest BCUT2D eigenvalue weighted by Crippen LogP contribution is -2.00. The Balaban J connectivity index is 2.39. The number of benzene rings is 1. The maximum atomic E-state index is 10.8. The van der Waals surface area contributed by atoms with Crippen molar-refractivity contribution in [1.82, 2.24) is 15.0 Å². The summed E-state index contributed by atoms with van der Waals surface area (Å²) >= 11 is 0. The molecule has 2 aromatic rings. The Morgan fingerprint density at radius 2 is 2.10 bits per heavy atom. The zero-order chi connectivity index (χ0) is 15.4. The molecule has 1 heterocycles. The van der Waals surface area contributed by atoms with Crippen LogP contribution in [0.5, 0.6) is 6.01 Å². The Morgan fingerprint density at radius 3 is 2.76 bits per heavy atom. The van der Waals surface area contributed by atoms with Gasteiger partial charge in [-0.3, -0.25) is 10.1 Å². The van der Waals surface area contributed by atoms with Crippen LogP contribution in [0.4, 0.5) is 11.6 Å². The van der Waals surface area contributed by atoms with Gasteiger partial charge in [0.15, 0.2) is 0 Å². The number of aromatic nitrogens is 3. The summed E-state index contributed by atoms with van der Waals surface area (Å²) in [6.45, 7) is 3.43. The van der Waals surface area contributed by atoms with E-state index in [-0.39, 0.29) is 17.6 Å². The topological polar surface area (TPSA) is 103 Å². The van der Waals surface area contributed by atoms with Gasteiger partial charge in [0.1, 0.15) is 5.82 Å². The van der Waals surface area contributed by atoms with E-state index >= 15 is 0 Å². The van der Waals surface area contributed by atoms with Crippen LogP contribution in [-0.2, 0) is 0 Å². The summed E-state index contributed by atoms with van der Waals surface area (Å²) in [7, 11) is 1.45. The lowest BCUT2D eigenvalue weighted by Gasteiger charge is -2.02. The third kappa shape index (κ3) is 3.56. The van der Waals surface area contributed by atoms with Gasteiger partial charge in [-0.1, -0.05) is 12.1 Å². The van der Waals surface area contributed by atoms with Crippen LogP contribution in [0.2, 0.25) is 0 Å². The van der Waals surface area contributed by atoms with Gasteiger partial charge in [0.05, 0.1) is 12.0 Å². The Labute approximate surface area is 120 Å². The summed E-state index contributed by atoms with van der Waals surface area (Å²) in [5.74, 6) is 0.677. The first kappa shape index (κ1) is 14.5. The molecule has 108 valence electrons. The minimum atomic E-state index is -0.451. The van der Waals surface area contributed by atoms with Crippen molar-refractivity contribution in [3.05, 3.63) is 45.8 Å². The van der Waals surface area contributed by atoms with Crippen molar-refractivity contribution in [1.29, 1.82) is 0 Å². The quantitative estimate of drug-likeness (QED) is 0.485. The average Bonchev–Trinajstić information content (AvgIpc) is 2.46. The molecule has 0 N–H and O–H groups in total. The molecule has 0 spiro atoms. The number of hydrogen-bond donors (Lipinski definition) is 0. The standard InChI is InChI=1S/C13H13N5O3/c1-8(10-5-4-6-11(7-10)18(19)20)14-12-15-9(2)16-13(17-12)21-3/h4-7H,1-3H3/b14-8+. The second-order valence-corrected chi connectivity index (χ2v) is 4.17. The fraction of sp³-hybridized carbons (Fsp3) is 0.231. The number of aliphatic imine (C=N–C) groups is 1. The highest BCUT2D eigenvalue weighted by Gasteiger charge is 2.09. The normalized spacial score (nSPS) is 11.3.